The lowest BCUT2D eigenvalue weighted by atomic mass is 10.1. The summed E-state index contributed by atoms with van der Waals surface area (Å²) in [6, 6.07) is 23.9. The molecular weight excluding hydrogens is 460 g/mol. The van der Waals surface area contributed by atoms with Crippen LogP contribution in [0.2, 0.25) is 0 Å². The number of carbonyl (C=O) groups is 1. The Balaban J connectivity index is 1.34. The number of aromatic nitrogens is 4. The van der Waals surface area contributed by atoms with Gasteiger partial charge in [-0.2, -0.15) is 0 Å². The van der Waals surface area contributed by atoms with Gasteiger partial charge in [-0.05, 0) is 55.9 Å². The number of hydrogen-bond acceptors (Lipinski definition) is 4. The molecular formula is C31H30N4O2. The van der Waals surface area contributed by atoms with Gasteiger partial charge >= 0.3 is 0 Å². The van der Waals surface area contributed by atoms with Gasteiger partial charge in [0, 0.05) is 34.9 Å². The number of nitrogens with one attached hydrogen (secondary N) is 1. The van der Waals surface area contributed by atoms with E-state index in [1.54, 1.807) is 17.0 Å². The first-order valence-electron chi connectivity index (χ1n) is 12.7. The molecule has 0 bridgehead atoms. The summed E-state index contributed by atoms with van der Waals surface area (Å²) >= 11 is 0. The third-order valence-electron chi connectivity index (χ3n) is 6.73. The van der Waals surface area contributed by atoms with Crippen LogP contribution in [-0.4, -0.2) is 25.3 Å². The van der Waals surface area contributed by atoms with E-state index < -0.39 is 0 Å². The molecule has 0 atom stereocenters. The Morgan fingerprint density at radius 2 is 1.68 bits per heavy atom. The molecule has 5 rings (SSSR count). The Hall–Kier alpha value is -4.32. The fourth-order valence-corrected chi connectivity index (χ4v) is 4.72. The van der Waals surface area contributed by atoms with E-state index in [1.807, 2.05) is 61.5 Å². The molecule has 0 aliphatic heterocycles. The molecule has 0 amide bonds. The summed E-state index contributed by atoms with van der Waals surface area (Å²) in [7, 11) is 0. The normalized spacial score (nSPS) is 11.2. The van der Waals surface area contributed by atoms with Crippen molar-refractivity contribution in [1.82, 2.24) is 19.5 Å². The Kier molecular flexibility index (Phi) is 7.36. The summed E-state index contributed by atoms with van der Waals surface area (Å²) in [6.45, 7) is 2.00. The van der Waals surface area contributed by atoms with E-state index >= 15 is 0 Å². The van der Waals surface area contributed by atoms with Crippen LogP contribution >= 0.6 is 0 Å². The minimum atomic E-state index is -0.185. The van der Waals surface area contributed by atoms with Crippen LogP contribution in [-0.2, 0) is 30.6 Å². The smallest absolute Gasteiger partial charge is 0.273 e. The zero-order valence-corrected chi connectivity index (χ0v) is 21.0. The highest BCUT2D eigenvalue weighted by Crippen LogP contribution is 2.20. The van der Waals surface area contributed by atoms with Gasteiger partial charge < -0.3 is 4.98 Å². The van der Waals surface area contributed by atoms with Gasteiger partial charge in [0.05, 0.1) is 18.4 Å². The fraction of sp³-hybridized carbons (Fsp3) is 0.226. The highest BCUT2D eigenvalue weighted by Gasteiger charge is 2.15. The number of nitrogens with zero attached hydrogens (tertiary/aromatic N) is 3. The van der Waals surface area contributed by atoms with Crippen molar-refractivity contribution in [3.63, 3.8) is 0 Å². The standard InChI is InChI=1S/C31H30N4O2/c1-22-27-19-25(34-28(27)17-18-32-22)15-16-26(36)21-35-30(24-12-6-3-7-13-24)20-33-29(31(35)37)14-8-11-23-9-4-2-5-10-23/h2-7,9-10,12-13,17-20,34H,8,11,14-16,21H2,1H3. The van der Waals surface area contributed by atoms with Crippen molar-refractivity contribution < 1.29 is 4.79 Å². The molecule has 37 heavy (non-hydrogen) atoms. The largest absolute Gasteiger partial charge is 0.358 e. The van der Waals surface area contributed by atoms with Crippen LogP contribution in [0.1, 0.15) is 35.5 Å². The summed E-state index contributed by atoms with van der Waals surface area (Å²) in [5.41, 5.74) is 6.06. The number of aromatic amines is 1. The third-order valence-corrected chi connectivity index (χ3v) is 6.73. The lowest BCUT2D eigenvalue weighted by Crippen LogP contribution is -2.29. The summed E-state index contributed by atoms with van der Waals surface area (Å²) < 4.78 is 1.60. The van der Waals surface area contributed by atoms with Gasteiger partial charge in [-0.3, -0.25) is 24.1 Å². The van der Waals surface area contributed by atoms with Crippen LogP contribution in [0.3, 0.4) is 0 Å². The maximum absolute atomic E-state index is 13.5. The highest BCUT2D eigenvalue weighted by atomic mass is 16.1. The molecule has 0 aliphatic carbocycles. The van der Waals surface area contributed by atoms with Crippen molar-refractivity contribution in [2.24, 2.45) is 0 Å². The van der Waals surface area contributed by atoms with Crippen LogP contribution in [0.5, 0.6) is 0 Å². The zero-order chi connectivity index (χ0) is 25.6. The quantitative estimate of drug-likeness (QED) is 0.281. The topological polar surface area (TPSA) is 80.6 Å². The molecule has 0 saturated carbocycles. The van der Waals surface area contributed by atoms with Gasteiger partial charge in [0.25, 0.3) is 5.56 Å². The van der Waals surface area contributed by atoms with Crippen LogP contribution in [0.15, 0.2) is 90.0 Å². The number of fused-ring (bicyclic) bond motifs is 1. The number of carbonyl (C=O) groups excluding carboxylic acids is 1. The molecule has 0 saturated heterocycles. The first-order chi connectivity index (χ1) is 18.1. The summed E-state index contributed by atoms with van der Waals surface area (Å²) in [5.74, 6) is 0.00854. The molecule has 186 valence electrons. The average Bonchev–Trinajstić information content (AvgIpc) is 3.35. The number of rotatable bonds is 10. The van der Waals surface area contributed by atoms with E-state index in [2.05, 4.69) is 33.2 Å². The molecule has 2 aromatic carbocycles. The van der Waals surface area contributed by atoms with E-state index in [0.717, 1.165) is 40.7 Å². The molecule has 3 aromatic heterocycles. The highest BCUT2D eigenvalue weighted by molar-refractivity contribution is 5.83. The van der Waals surface area contributed by atoms with E-state index in [9.17, 15) is 9.59 Å². The molecule has 0 fully saturated rings. The van der Waals surface area contributed by atoms with Gasteiger partial charge in [-0.25, -0.2) is 0 Å². The fourth-order valence-electron chi connectivity index (χ4n) is 4.72. The molecule has 0 radical (unpaired) electrons. The van der Waals surface area contributed by atoms with Crippen LogP contribution in [0.25, 0.3) is 22.2 Å². The lowest BCUT2D eigenvalue weighted by Gasteiger charge is -2.14. The SMILES string of the molecule is Cc1nccc2[nH]c(CCC(=O)Cn3c(-c4ccccc4)cnc(CCCc4ccccc4)c3=O)cc12. The molecule has 1 N–H and O–H groups in total. The molecule has 0 aliphatic rings. The first kappa shape index (κ1) is 24.4. The second-order valence-corrected chi connectivity index (χ2v) is 9.38. The number of Topliss-reactive ketones (excluding diaryl/α,β-unsaturated/α-hetero) is 1. The van der Waals surface area contributed by atoms with Crippen molar-refractivity contribution in [3.8, 4) is 11.3 Å². The Morgan fingerprint density at radius 3 is 2.43 bits per heavy atom. The van der Waals surface area contributed by atoms with Crippen molar-refractivity contribution >= 4 is 16.7 Å². The number of aryl methyl sites for hydroxylation is 4. The van der Waals surface area contributed by atoms with Crippen LogP contribution in [0.4, 0.5) is 0 Å². The van der Waals surface area contributed by atoms with Crippen LogP contribution < -0.4 is 5.56 Å². The Bertz CT molecular complexity index is 1570. The molecule has 5 aromatic rings. The number of benzene rings is 2. The number of hydrogen-bond donors (Lipinski definition) is 1. The lowest BCUT2D eigenvalue weighted by molar-refractivity contribution is -0.119. The monoisotopic (exact) mass is 490 g/mol. The van der Waals surface area contributed by atoms with Crippen molar-refractivity contribution in [1.29, 1.82) is 0 Å². The molecule has 3 heterocycles. The summed E-state index contributed by atoms with van der Waals surface area (Å²) in [4.78, 5) is 38.9. The second kappa shape index (κ2) is 11.2. The average molecular weight is 491 g/mol. The number of H-pyrrole nitrogens is 1. The maximum Gasteiger partial charge on any atom is 0.273 e. The first-order valence-corrected chi connectivity index (χ1v) is 12.7. The molecule has 6 nitrogen and oxygen atoms in total. The Labute approximate surface area is 216 Å². The maximum atomic E-state index is 13.5. The van der Waals surface area contributed by atoms with Gasteiger partial charge in [0.1, 0.15) is 5.69 Å². The second-order valence-electron chi connectivity index (χ2n) is 9.38. The van der Waals surface area contributed by atoms with E-state index in [4.69, 9.17) is 0 Å². The van der Waals surface area contributed by atoms with Crippen molar-refractivity contribution in [3.05, 3.63) is 118 Å². The van der Waals surface area contributed by atoms with E-state index in [-0.39, 0.29) is 17.9 Å². The zero-order valence-electron chi connectivity index (χ0n) is 21.0. The molecule has 0 spiro atoms. The Morgan fingerprint density at radius 1 is 0.919 bits per heavy atom. The predicted molar refractivity (Wildman–Crippen MR) is 147 cm³/mol. The number of pyridine rings is 1. The minimum absolute atomic E-state index is 0.00854. The van der Waals surface area contributed by atoms with Gasteiger partial charge in [-0.15, -0.1) is 0 Å². The third kappa shape index (κ3) is 5.75. The van der Waals surface area contributed by atoms with Gasteiger partial charge in [0.2, 0.25) is 0 Å². The minimum Gasteiger partial charge on any atom is -0.358 e. The van der Waals surface area contributed by atoms with Crippen molar-refractivity contribution in [2.45, 2.75) is 45.6 Å². The molecule has 6 heteroatoms. The van der Waals surface area contributed by atoms with Crippen LogP contribution in [0, 0.1) is 6.92 Å². The summed E-state index contributed by atoms with van der Waals surface area (Å²) in [6.07, 6.45) is 6.69. The van der Waals surface area contributed by atoms with Gasteiger partial charge in [0.15, 0.2) is 5.78 Å². The van der Waals surface area contributed by atoms with E-state index in [1.165, 1.54) is 5.56 Å². The van der Waals surface area contributed by atoms with Crippen molar-refractivity contribution in [2.75, 3.05) is 0 Å². The number of ketones is 1. The van der Waals surface area contributed by atoms with E-state index in [0.29, 0.717) is 30.7 Å². The summed E-state index contributed by atoms with van der Waals surface area (Å²) in [5, 5.41) is 1.07. The molecule has 0 unspecified atom stereocenters. The predicted octanol–water partition coefficient (Wildman–Crippen LogP) is 5.47. The van der Waals surface area contributed by atoms with Gasteiger partial charge in [-0.1, -0.05) is 60.7 Å².